The number of imidazole rings is 1. The molecule has 11 nitrogen and oxygen atoms in total. The van der Waals surface area contributed by atoms with Crippen LogP contribution in [0.4, 0.5) is 11.8 Å². The zero-order valence-corrected chi connectivity index (χ0v) is 15.5. The molecule has 0 spiro atoms. The van der Waals surface area contributed by atoms with Gasteiger partial charge in [0.2, 0.25) is 5.95 Å². The molecule has 1 saturated carbocycles. The zero-order chi connectivity index (χ0) is 19.7. The number of rotatable bonds is 6. The molecule has 3 heterocycles. The topological polar surface area (TPSA) is 164 Å². The molecule has 1 aliphatic carbocycles. The number of aliphatic hydroxyl groups excluding tert-OH is 3. The molecular formula is C17H27N7O4. The van der Waals surface area contributed by atoms with E-state index in [1.807, 2.05) is 0 Å². The van der Waals surface area contributed by atoms with E-state index >= 15 is 0 Å². The van der Waals surface area contributed by atoms with Crippen molar-refractivity contribution in [1.29, 1.82) is 0 Å². The van der Waals surface area contributed by atoms with Crippen molar-refractivity contribution in [2.45, 2.75) is 56.6 Å². The van der Waals surface area contributed by atoms with Gasteiger partial charge in [0.15, 0.2) is 17.7 Å². The molecule has 2 aromatic rings. The van der Waals surface area contributed by atoms with E-state index in [-0.39, 0.29) is 11.8 Å². The van der Waals surface area contributed by atoms with Gasteiger partial charge >= 0.3 is 0 Å². The average molecular weight is 393 g/mol. The van der Waals surface area contributed by atoms with E-state index in [2.05, 4.69) is 25.8 Å². The number of hydrazine groups is 1. The van der Waals surface area contributed by atoms with Crippen molar-refractivity contribution in [2.75, 3.05) is 24.3 Å². The molecule has 2 aromatic heterocycles. The summed E-state index contributed by atoms with van der Waals surface area (Å²) in [6, 6.07) is 0. The summed E-state index contributed by atoms with van der Waals surface area (Å²) in [6.07, 6.45) is 3.45. The standard InChI is InChI=1S/C17H27N7O4/c18-14-11-15(22-17(21-14)23-20-6-9-4-2-1-3-5-9)24(8-19-11)16-13(27)12(26)10(7-25)28-16/h8-10,12-13,16,20,25-27H,1-7H2,(H3,18,21,22,23)/t10?,12-,13-,16?/m1/s1. The first-order valence-electron chi connectivity index (χ1n) is 9.70. The van der Waals surface area contributed by atoms with E-state index in [9.17, 15) is 15.3 Å². The van der Waals surface area contributed by atoms with Gasteiger partial charge in [-0.1, -0.05) is 19.3 Å². The zero-order valence-electron chi connectivity index (χ0n) is 15.5. The average Bonchev–Trinajstić information content (AvgIpc) is 3.24. The van der Waals surface area contributed by atoms with Crippen molar-refractivity contribution in [3.05, 3.63) is 6.33 Å². The Morgan fingerprint density at radius 2 is 1.96 bits per heavy atom. The third-order valence-electron chi connectivity index (χ3n) is 5.56. The number of ether oxygens (including phenoxy) is 1. The Kier molecular flexibility index (Phi) is 5.60. The molecular weight excluding hydrogens is 366 g/mol. The molecule has 7 N–H and O–H groups in total. The summed E-state index contributed by atoms with van der Waals surface area (Å²) in [5.74, 6) is 1.11. The van der Waals surface area contributed by atoms with Crippen LogP contribution in [0.5, 0.6) is 0 Å². The predicted molar refractivity (Wildman–Crippen MR) is 101 cm³/mol. The summed E-state index contributed by atoms with van der Waals surface area (Å²) in [7, 11) is 0. The van der Waals surface area contributed by atoms with Crippen LogP contribution in [0, 0.1) is 5.92 Å². The molecule has 4 rings (SSSR count). The Bertz CT molecular complexity index is 810. The normalized spacial score (nSPS) is 28.8. The highest BCUT2D eigenvalue weighted by Crippen LogP contribution is 2.32. The molecule has 1 saturated heterocycles. The monoisotopic (exact) mass is 393 g/mol. The van der Waals surface area contributed by atoms with Crippen LogP contribution in [0.3, 0.4) is 0 Å². The maximum absolute atomic E-state index is 10.3. The third-order valence-corrected chi connectivity index (χ3v) is 5.56. The Balaban J connectivity index is 1.51. The fourth-order valence-electron chi connectivity index (χ4n) is 3.96. The van der Waals surface area contributed by atoms with E-state index in [0.29, 0.717) is 17.1 Å². The van der Waals surface area contributed by atoms with Crippen LogP contribution >= 0.6 is 0 Å². The lowest BCUT2D eigenvalue weighted by Crippen LogP contribution is -2.33. The van der Waals surface area contributed by atoms with Gasteiger partial charge < -0.3 is 25.8 Å². The molecule has 1 aliphatic heterocycles. The first-order valence-corrected chi connectivity index (χ1v) is 9.70. The number of hydrogen-bond acceptors (Lipinski definition) is 10. The number of fused-ring (bicyclic) bond motifs is 1. The van der Waals surface area contributed by atoms with E-state index in [1.165, 1.54) is 43.0 Å². The molecule has 0 amide bonds. The van der Waals surface area contributed by atoms with Crippen molar-refractivity contribution in [1.82, 2.24) is 24.9 Å². The Labute approximate surface area is 161 Å². The fraction of sp³-hybridized carbons (Fsp3) is 0.706. The van der Waals surface area contributed by atoms with Crippen LogP contribution in [0.25, 0.3) is 11.2 Å². The second-order valence-electron chi connectivity index (χ2n) is 7.50. The first kappa shape index (κ1) is 19.3. The maximum atomic E-state index is 10.3. The highest BCUT2D eigenvalue weighted by Gasteiger charge is 2.44. The van der Waals surface area contributed by atoms with Crippen LogP contribution < -0.4 is 16.6 Å². The number of nitrogens with one attached hydrogen (secondary N) is 2. The fourth-order valence-corrected chi connectivity index (χ4v) is 3.96. The smallest absolute Gasteiger partial charge is 0.241 e. The summed E-state index contributed by atoms with van der Waals surface area (Å²) in [4.78, 5) is 12.8. The molecule has 2 fully saturated rings. The Morgan fingerprint density at radius 3 is 2.68 bits per heavy atom. The summed E-state index contributed by atoms with van der Waals surface area (Å²) in [5, 5.41) is 29.6. The third kappa shape index (κ3) is 3.63. The number of nitrogens with zero attached hydrogens (tertiary/aromatic N) is 4. The Morgan fingerprint density at radius 1 is 1.18 bits per heavy atom. The van der Waals surface area contributed by atoms with Gasteiger partial charge in [-0.05, 0) is 18.8 Å². The summed E-state index contributed by atoms with van der Waals surface area (Å²) < 4.78 is 7.05. The Hall–Kier alpha value is -2.05. The molecule has 154 valence electrons. The molecule has 2 aliphatic rings. The summed E-state index contributed by atoms with van der Waals surface area (Å²) in [6.45, 7) is 0.408. The molecule has 0 radical (unpaired) electrons. The molecule has 11 heteroatoms. The number of hydrogen-bond donors (Lipinski definition) is 6. The van der Waals surface area contributed by atoms with Crippen molar-refractivity contribution in [2.24, 2.45) is 5.92 Å². The van der Waals surface area contributed by atoms with Gasteiger partial charge in [-0.25, -0.2) is 10.4 Å². The van der Waals surface area contributed by atoms with Gasteiger partial charge in [0, 0.05) is 6.54 Å². The second kappa shape index (κ2) is 8.13. The predicted octanol–water partition coefficient (Wildman–Crippen LogP) is -0.483. The summed E-state index contributed by atoms with van der Waals surface area (Å²) in [5.41, 5.74) is 12.9. The van der Waals surface area contributed by atoms with Crippen LogP contribution in [-0.4, -0.2) is 66.3 Å². The lowest BCUT2D eigenvalue weighted by Gasteiger charge is -2.22. The first-order chi connectivity index (χ1) is 13.6. The van der Waals surface area contributed by atoms with Crippen LogP contribution in [0.2, 0.25) is 0 Å². The number of aliphatic hydroxyl groups is 3. The van der Waals surface area contributed by atoms with Gasteiger partial charge in [0.1, 0.15) is 23.8 Å². The number of nitrogen functional groups attached to an aromatic ring is 1. The highest BCUT2D eigenvalue weighted by atomic mass is 16.6. The van der Waals surface area contributed by atoms with Crippen LogP contribution in [-0.2, 0) is 4.74 Å². The molecule has 2 unspecified atom stereocenters. The van der Waals surface area contributed by atoms with Gasteiger partial charge in [-0.2, -0.15) is 9.97 Å². The molecule has 0 bridgehead atoms. The molecule has 28 heavy (non-hydrogen) atoms. The van der Waals surface area contributed by atoms with Gasteiger partial charge in [0.25, 0.3) is 0 Å². The van der Waals surface area contributed by atoms with Crippen LogP contribution in [0.15, 0.2) is 6.33 Å². The van der Waals surface area contributed by atoms with Crippen molar-refractivity contribution < 1.29 is 20.1 Å². The maximum Gasteiger partial charge on any atom is 0.241 e. The second-order valence-corrected chi connectivity index (χ2v) is 7.50. The molecule has 0 aromatic carbocycles. The lowest BCUT2D eigenvalue weighted by molar-refractivity contribution is -0.0511. The minimum Gasteiger partial charge on any atom is -0.394 e. The van der Waals surface area contributed by atoms with Crippen LogP contribution in [0.1, 0.15) is 38.3 Å². The minimum atomic E-state index is -1.23. The van der Waals surface area contributed by atoms with Crippen molar-refractivity contribution in [3.63, 3.8) is 0 Å². The molecule has 4 atom stereocenters. The minimum absolute atomic E-state index is 0.192. The number of nitrogens with two attached hydrogens (primary N) is 1. The number of aromatic nitrogens is 4. The van der Waals surface area contributed by atoms with Gasteiger partial charge in [-0.15, -0.1) is 0 Å². The van der Waals surface area contributed by atoms with Crippen molar-refractivity contribution >= 4 is 22.9 Å². The van der Waals surface area contributed by atoms with Crippen molar-refractivity contribution in [3.8, 4) is 0 Å². The quantitative estimate of drug-likeness (QED) is 0.353. The number of anilines is 2. The largest absolute Gasteiger partial charge is 0.394 e. The van der Waals surface area contributed by atoms with Gasteiger partial charge in [0.05, 0.1) is 12.9 Å². The SMILES string of the molecule is Nc1nc(NNCC2CCCCC2)nc2c1ncn2C1OC(CO)[C@@H](O)[C@H]1O. The van der Waals surface area contributed by atoms with E-state index in [1.54, 1.807) is 0 Å². The van der Waals surface area contributed by atoms with Gasteiger partial charge in [-0.3, -0.25) is 9.99 Å². The van der Waals surface area contributed by atoms with E-state index < -0.39 is 31.1 Å². The van der Waals surface area contributed by atoms with E-state index in [0.717, 1.165) is 6.54 Å². The highest BCUT2D eigenvalue weighted by molar-refractivity contribution is 5.82. The van der Waals surface area contributed by atoms with E-state index in [4.69, 9.17) is 10.5 Å². The lowest BCUT2D eigenvalue weighted by atomic mass is 9.89. The summed E-state index contributed by atoms with van der Waals surface area (Å²) >= 11 is 0.